The van der Waals surface area contributed by atoms with Crippen molar-refractivity contribution < 1.29 is 4.74 Å². The highest BCUT2D eigenvalue weighted by Crippen LogP contribution is 2.28. The van der Waals surface area contributed by atoms with Gasteiger partial charge in [-0.25, -0.2) is 14.7 Å². The van der Waals surface area contributed by atoms with Crippen molar-refractivity contribution in [3.05, 3.63) is 72.2 Å². The molecule has 3 heterocycles. The van der Waals surface area contributed by atoms with E-state index in [0.29, 0.717) is 12.5 Å². The van der Waals surface area contributed by atoms with Crippen LogP contribution in [0.1, 0.15) is 30.4 Å². The summed E-state index contributed by atoms with van der Waals surface area (Å²) in [6.45, 7) is 5.51. The molecule has 31 heavy (non-hydrogen) atoms. The molecule has 7 nitrogen and oxygen atoms in total. The molecular weight excluding hydrogens is 503 g/mol. The summed E-state index contributed by atoms with van der Waals surface area (Å²) in [6.07, 6.45) is 6.57. The van der Waals surface area contributed by atoms with Crippen LogP contribution >= 0.6 is 24.0 Å². The summed E-state index contributed by atoms with van der Waals surface area (Å²) in [6, 6.07) is 14.3. The van der Waals surface area contributed by atoms with E-state index in [4.69, 9.17) is 9.73 Å². The van der Waals surface area contributed by atoms with Crippen molar-refractivity contribution in [2.24, 2.45) is 4.99 Å². The van der Waals surface area contributed by atoms with E-state index in [1.54, 1.807) is 18.0 Å². The van der Waals surface area contributed by atoms with E-state index >= 15 is 0 Å². The van der Waals surface area contributed by atoms with Crippen LogP contribution in [0.15, 0.2) is 66.0 Å². The molecule has 3 aromatic rings. The van der Waals surface area contributed by atoms with Crippen LogP contribution in [0.5, 0.6) is 5.75 Å². The van der Waals surface area contributed by atoms with Gasteiger partial charge in [0, 0.05) is 44.1 Å². The Labute approximate surface area is 200 Å². The number of nitrogens with one attached hydrogen (secondary N) is 1. The van der Waals surface area contributed by atoms with Crippen LogP contribution in [0, 0.1) is 0 Å². The normalized spacial score (nSPS) is 16.1. The van der Waals surface area contributed by atoms with E-state index < -0.39 is 0 Å². The van der Waals surface area contributed by atoms with E-state index in [-0.39, 0.29) is 24.0 Å². The van der Waals surface area contributed by atoms with Gasteiger partial charge in [-0.05, 0) is 54.8 Å². The van der Waals surface area contributed by atoms with E-state index in [0.717, 1.165) is 49.1 Å². The number of ether oxygens (including phenoxy) is 1. The molecule has 164 valence electrons. The third kappa shape index (κ3) is 5.75. The van der Waals surface area contributed by atoms with Crippen molar-refractivity contribution in [2.45, 2.75) is 25.8 Å². The molecular formula is C23H29IN6O. The molecule has 0 bridgehead atoms. The van der Waals surface area contributed by atoms with Crippen LogP contribution in [0.4, 0.5) is 0 Å². The molecule has 0 aliphatic carbocycles. The number of benzene rings is 1. The monoisotopic (exact) mass is 532 g/mol. The fraction of sp³-hybridized carbons (Fsp3) is 0.348. The van der Waals surface area contributed by atoms with E-state index in [1.807, 2.05) is 42.7 Å². The maximum atomic E-state index is 5.28. The Kier molecular flexibility index (Phi) is 8.27. The highest BCUT2D eigenvalue weighted by atomic mass is 127. The zero-order valence-electron chi connectivity index (χ0n) is 17.9. The number of methoxy groups -OCH3 is 1. The van der Waals surface area contributed by atoms with Crippen LogP contribution < -0.4 is 10.1 Å². The summed E-state index contributed by atoms with van der Waals surface area (Å²) in [5.41, 5.74) is 2.46. The number of rotatable bonds is 6. The number of nitrogens with zero attached hydrogens (tertiary/aromatic N) is 5. The van der Waals surface area contributed by atoms with Gasteiger partial charge in [-0.2, -0.15) is 5.10 Å². The number of likely N-dealkylation sites (tertiary alicyclic amines) is 1. The molecule has 4 rings (SSSR count). The molecule has 1 unspecified atom stereocenters. The first kappa shape index (κ1) is 23.1. The molecule has 0 spiro atoms. The summed E-state index contributed by atoms with van der Waals surface area (Å²) < 4.78 is 7.04. The summed E-state index contributed by atoms with van der Waals surface area (Å²) in [5.74, 6) is 3.17. The molecule has 1 atom stereocenters. The van der Waals surface area contributed by atoms with E-state index in [2.05, 4.69) is 39.4 Å². The molecule has 0 saturated carbocycles. The zero-order valence-corrected chi connectivity index (χ0v) is 20.3. The largest absolute Gasteiger partial charge is 0.497 e. The van der Waals surface area contributed by atoms with Crippen molar-refractivity contribution in [2.75, 3.05) is 26.7 Å². The number of halogens is 1. The second-order valence-corrected chi connectivity index (χ2v) is 7.35. The van der Waals surface area contributed by atoms with E-state index in [9.17, 15) is 0 Å². The zero-order chi connectivity index (χ0) is 20.8. The number of pyridine rings is 1. The smallest absolute Gasteiger partial charge is 0.194 e. The molecule has 8 heteroatoms. The van der Waals surface area contributed by atoms with Crippen LogP contribution in [0.3, 0.4) is 0 Å². The van der Waals surface area contributed by atoms with Crippen molar-refractivity contribution in [1.82, 2.24) is 25.0 Å². The molecule has 1 aliphatic heterocycles. The second kappa shape index (κ2) is 11.1. The van der Waals surface area contributed by atoms with Gasteiger partial charge in [0.2, 0.25) is 0 Å². The minimum atomic E-state index is 0. The summed E-state index contributed by atoms with van der Waals surface area (Å²) in [5, 5.41) is 7.70. The Morgan fingerprint density at radius 1 is 1.23 bits per heavy atom. The lowest BCUT2D eigenvalue weighted by molar-refractivity contribution is 0.414. The first-order valence-corrected chi connectivity index (χ1v) is 10.4. The molecule has 0 radical (unpaired) electrons. The average molecular weight is 532 g/mol. The highest BCUT2D eigenvalue weighted by molar-refractivity contribution is 14.0. The lowest BCUT2D eigenvalue weighted by Gasteiger charge is -2.22. The Balaban J connectivity index is 0.00000272. The molecule has 1 saturated heterocycles. The fourth-order valence-corrected chi connectivity index (χ4v) is 3.78. The van der Waals surface area contributed by atoms with Crippen LogP contribution in [-0.4, -0.2) is 52.4 Å². The summed E-state index contributed by atoms with van der Waals surface area (Å²) >= 11 is 0. The predicted octanol–water partition coefficient (Wildman–Crippen LogP) is 3.85. The molecule has 0 amide bonds. The topological polar surface area (TPSA) is 67.6 Å². The Bertz CT molecular complexity index is 974. The van der Waals surface area contributed by atoms with Gasteiger partial charge in [0.05, 0.1) is 13.7 Å². The van der Waals surface area contributed by atoms with Crippen molar-refractivity contribution in [1.29, 1.82) is 0 Å². The average Bonchev–Trinajstić information content (AvgIpc) is 3.50. The van der Waals surface area contributed by atoms with Gasteiger partial charge >= 0.3 is 0 Å². The van der Waals surface area contributed by atoms with Gasteiger partial charge in [0.25, 0.3) is 0 Å². The Morgan fingerprint density at radius 2 is 2.06 bits per heavy atom. The van der Waals surface area contributed by atoms with Crippen LogP contribution in [0.25, 0.3) is 5.82 Å². The lowest BCUT2D eigenvalue weighted by atomic mass is 9.98. The third-order valence-corrected chi connectivity index (χ3v) is 5.37. The second-order valence-electron chi connectivity index (χ2n) is 7.35. The first-order valence-electron chi connectivity index (χ1n) is 10.4. The molecule has 1 fully saturated rings. The summed E-state index contributed by atoms with van der Waals surface area (Å²) in [4.78, 5) is 11.6. The van der Waals surface area contributed by atoms with Crippen LogP contribution in [0.2, 0.25) is 0 Å². The Hall–Kier alpha value is -2.62. The highest BCUT2D eigenvalue weighted by Gasteiger charge is 2.26. The number of aliphatic imine (C=N–C) groups is 1. The standard InChI is InChI=1S/C23H28N6O.HI/c1-3-24-23(26-16-18-9-12-25-22(15-18)29-13-4-11-27-29)28-14-10-20(17-28)19-5-7-21(30-2)8-6-19;/h4-9,11-13,15,20H,3,10,14,16-17H2,1-2H3,(H,24,26);1H. The molecule has 1 aliphatic rings. The van der Waals surface area contributed by atoms with Crippen molar-refractivity contribution in [3.8, 4) is 11.6 Å². The van der Waals surface area contributed by atoms with Gasteiger partial charge in [-0.3, -0.25) is 0 Å². The maximum Gasteiger partial charge on any atom is 0.194 e. The lowest BCUT2D eigenvalue weighted by Crippen LogP contribution is -2.40. The maximum absolute atomic E-state index is 5.28. The first-order chi connectivity index (χ1) is 14.8. The summed E-state index contributed by atoms with van der Waals surface area (Å²) in [7, 11) is 1.70. The number of guanidine groups is 1. The number of aromatic nitrogens is 3. The van der Waals surface area contributed by atoms with Crippen molar-refractivity contribution in [3.63, 3.8) is 0 Å². The van der Waals surface area contributed by atoms with Gasteiger partial charge < -0.3 is 15.0 Å². The SMILES string of the molecule is CCNC(=NCc1ccnc(-n2cccn2)c1)N1CCC(c2ccc(OC)cc2)C1.I. The number of hydrogen-bond acceptors (Lipinski definition) is 4. The Morgan fingerprint density at radius 3 is 2.77 bits per heavy atom. The third-order valence-electron chi connectivity index (χ3n) is 5.37. The van der Waals surface area contributed by atoms with Crippen molar-refractivity contribution >= 4 is 29.9 Å². The fourth-order valence-electron chi connectivity index (χ4n) is 3.78. The van der Waals surface area contributed by atoms with Gasteiger partial charge in [0.15, 0.2) is 11.8 Å². The van der Waals surface area contributed by atoms with Gasteiger partial charge in [-0.1, -0.05) is 12.1 Å². The molecule has 1 N–H and O–H groups in total. The minimum absolute atomic E-state index is 0. The van der Waals surface area contributed by atoms with Crippen LogP contribution in [-0.2, 0) is 6.54 Å². The van der Waals surface area contributed by atoms with E-state index in [1.165, 1.54) is 5.56 Å². The number of hydrogen-bond donors (Lipinski definition) is 1. The minimum Gasteiger partial charge on any atom is -0.497 e. The molecule has 1 aromatic carbocycles. The van der Waals surface area contributed by atoms with Gasteiger partial charge in [-0.15, -0.1) is 24.0 Å². The van der Waals surface area contributed by atoms with Gasteiger partial charge in [0.1, 0.15) is 5.75 Å². The quantitative estimate of drug-likeness (QED) is 0.297. The molecule has 2 aromatic heterocycles. The predicted molar refractivity (Wildman–Crippen MR) is 134 cm³/mol.